The zero-order chi connectivity index (χ0) is 27.2. The second kappa shape index (κ2) is 12.1. The van der Waals surface area contributed by atoms with Crippen molar-refractivity contribution in [3.63, 3.8) is 0 Å². The normalized spacial score (nSPS) is 16.6. The molecule has 1 heterocycles. The molecule has 0 aliphatic carbocycles. The Morgan fingerprint density at radius 3 is 2.24 bits per heavy atom. The maximum Gasteiger partial charge on any atom is 0.261 e. The first-order valence-corrected chi connectivity index (χ1v) is 15.4. The van der Waals surface area contributed by atoms with E-state index in [0.29, 0.717) is 37.9 Å². The first kappa shape index (κ1) is 27.7. The van der Waals surface area contributed by atoms with Gasteiger partial charge in [-0.3, -0.25) is 9.52 Å². The number of carbonyl (C=O) groups is 1. The van der Waals surface area contributed by atoms with Crippen molar-refractivity contribution in [1.29, 1.82) is 0 Å². The summed E-state index contributed by atoms with van der Waals surface area (Å²) in [6, 6.07) is 20.3. The molecule has 0 bridgehead atoms. The van der Waals surface area contributed by atoms with Crippen molar-refractivity contribution < 1.29 is 26.0 Å². The van der Waals surface area contributed by atoms with Crippen LogP contribution < -0.4 is 10.0 Å². The van der Waals surface area contributed by atoms with Gasteiger partial charge in [-0.05, 0) is 79.8 Å². The molecule has 3 aromatic rings. The number of hydrogen-bond acceptors (Lipinski definition) is 5. The van der Waals surface area contributed by atoms with E-state index in [0.717, 1.165) is 17.7 Å². The van der Waals surface area contributed by atoms with Crippen molar-refractivity contribution in [2.24, 2.45) is 5.92 Å². The van der Waals surface area contributed by atoms with E-state index in [1.807, 2.05) is 30.3 Å². The molecule has 1 aliphatic rings. The topological polar surface area (TPSA) is 113 Å². The van der Waals surface area contributed by atoms with Gasteiger partial charge in [0.1, 0.15) is 5.82 Å². The minimum Gasteiger partial charge on any atom is -0.326 e. The highest BCUT2D eigenvalue weighted by molar-refractivity contribution is 7.92. The minimum atomic E-state index is -3.90. The Balaban J connectivity index is 1.31. The van der Waals surface area contributed by atoms with Crippen molar-refractivity contribution in [2.45, 2.75) is 30.6 Å². The lowest BCUT2D eigenvalue weighted by molar-refractivity contribution is -0.120. The molecule has 0 spiro atoms. The van der Waals surface area contributed by atoms with Crippen LogP contribution in [0.2, 0.25) is 0 Å². The summed E-state index contributed by atoms with van der Waals surface area (Å²) in [6.45, 7) is 0.513. The van der Waals surface area contributed by atoms with Crippen molar-refractivity contribution in [3.05, 3.63) is 90.2 Å². The first-order valence-electron chi connectivity index (χ1n) is 12.3. The maximum atomic E-state index is 13.1. The van der Waals surface area contributed by atoms with E-state index in [2.05, 4.69) is 10.0 Å². The fourth-order valence-electron chi connectivity index (χ4n) is 4.34. The van der Waals surface area contributed by atoms with Crippen molar-refractivity contribution in [1.82, 2.24) is 4.31 Å². The van der Waals surface area contributed by atoms with Gasteiger partial charge >= 0.3 is 0 Å². The molecule has 3 aromatic carbocycles. The Morgan fingerprint density at radius 1 is 0.895 bits per heavy atom. The van der Waals surface area contributed by atoms with Crippen LogP contribution in [0.15, 0.2) is 83.8 Å². The number of rotatable bonds is 10. The average Bonchev–Trinajstić information content (AvgIpc) is 2.91. The SMILES string of the molecule is O=C(Nc1ccc(S(=O)(=O)Nc2ccc(F)cc2)cc1)[C@H]1CCCN(S(=O)(=O)CCCc2ccccc2)C1. The number of piperidine rings is 1. The van der Waals surface area contributed by atoms with Gasteiger partial charge < -0.3 is 5.32 Å². The van der Waals surface area contributed by atoms with Gasteiger partial charge in [-0.25, -0.2) is 25.5 Å². The van der Waals surface area contributed by atoms with Gasteiger partial charge in [-0.1, -0.05) is 30.3 Å². The van der Waals surface area contributed by atoms with Crippen LogP contribution in [0.5, 0.6) is 0 Å². The second-order valence-corrected chi connectivity index (χ2v) is 13.0. The van der Waals surface area contributed by atoms with E-state index in [9.17, 15) is 26.0 Å². The number of halogens is 1. The number of nitrogens with zero attached hydrogens (tertiary/aromatic N) is 1. The van der Waals surface area contributed by atoms with Crippen LogP contribution >= 0.6 is 0 Å². The molecule has 202 valence electrons. The third-order valence-electron chi connectivity index (χ3n) is 6.39. The summed E-state index contributed by atoms with van der Waals surface area (Å²) in [6.07, 6.45) is 2.33. The van der Waals surface area contributed by atoms with E-state index in [-0.39, 0.29) is 28.8 Å². The van der Waals surface area contributed by atoms with Gasteiger partial charge in [-0.2, -0.15) is 0 Å². The zero-order valence-electron chi connectivity index (χ0n) is 20.7. The standard InChI is InChI=1S/C27H30FN3O5S2/c28-23-10-12-25(13-11-23)30-38(35,36)26-16-14-24(15-17-26)29-27(32)22-9-4-18-31(20-22)37(33,34)19-5-8-21-6-2-1-3-7-21/h1-3,6-7,10-17,22,30H,4-5,8-9,18-20H2,(H,29,32)/t22-/m0/s1. The quantitative estimate of drug-likeness (QED) is 0.386. The maximum absolute atomic E-state index is 13.1. The number of nitrogens with one attached hydrogen (secondary N) is 2. The number of amides is 1. The smallest absolute Gasteiger partial charge is 0.261 e. The van der Waals surface area contributed by atoms with E-state index >= 15 is 0 Å². The monoisotopic (exact) mass is 559 g/mol. The number of benzene rings is 3. The molecule has 0 saturated carbocycles. The summed E-state index contributed by atoms with van der Waals surface area (Å²) in [7, 11) is -7.38. The average molecular weight is 560 g/mol. The van der Waals surface area contributed by atoms with Crippen LogP contribution in [0.3, 0.4) is 0 Å². The van der Waals surface area contributed by atoms with Crippen LogP contribution in [0.1, 0.15) is 24.8 Å². The van der Waals surface area contributed by atoms with Crippen LogP contribution in [0, 0.1) is 11.7 Å². The molecule has 11 heteroatoms. The Hall–Kier alpha value is -3.28. The predicted octanol–water partition coefficient (Wildman–Crippen LogP) is 4.24. The molecule has 1 saturated heterocycles. The van der Waals surface area contributed by atoms with Crippen molar-refractivity contribution in [3.8, 4) is 0 Å². The van der Waals surface area contributed by atoms with Gasteiger partial charge in [0.05, 0.1) is 16.6 Å². The van der Waals surface area contributed by atoms with Gasteiger partial charge in [0.15, 0.2) is 0 Å². The van der Waals surface area contributed by atoms with Crippen molar-refractivity contribution in [2.75, 3.05) is 28.9 Å². The molecular weight excluding hydrogens is 529 g/mol. The number of carbonyl (C=O) groups excluding carboxylic acids is 1. The fourth-order valence-corrected chi connectivity index (χ4v) is 6.98. The van der Waals surface area contributed by atoms with E-state index in [1.54, 1.807) is 0 Å². The summed E-state index contributed by atoms with van der Waals surface area (Å²) < 4.78 is 67.8. The molecule has 8 nitrogen and oxygen atoms in total. The van der Waals surface area contributed by atoms with Gasteiger partial charge in [0.25, 0.3) is 10.0 Å². The lowest BCUT2D eigenvalue weighted by Crippen LogP contribution is -2.44. The third-order valence-corrected chi connectivity index (χ3v) is 9.71. The zero-order valence-corrected chi connectivity index (χ0v) is 22.3. The molecule has 1 atom stereocenters. The van der Waals surface area contributed by atoms with Crippen LogP contribution in [0.25, 0.3) is 0 Å². The van der Waals surface area contributed by atoms with E-state index < -0.39 is 31.8 Å². The summed E-state index contributed by atoms with van der Waals surface area (Å²) >= 11 is 0. The molecule has 1 aliphatic heterocycles. The number of sulfonamides is 2. The van der Waals surface area contributed by atoms with Gasteiger partial charge in [-0.15, -0.1) is 0 Å². The highest BCUT2D eigenvalue weighted by Crippen LogP contribution is 2.23. The van der Waals surface area contributed by atoms with Gasteiger partial charge in [0.2, 0.25) is 15.9 Å². The predicted molar refractivity (Wildman–Crippen MR) is 145 cm³/mol. The second-order valence-electron chi connectivity index (χ2n) is 9.23. The highest BCUT2D eigenvalue weighted by Gasteiger charge is 2.32. The number of hydrogen-bond donors (Lipinski definition) is 2. The van der Waals surface area contributed by atoms with Crippen LogP contribution in [-0.4, -0.2) is 45.9 Å². The molecule has 2 N–H and O–H groups in total. The van der Waals surface area contributed by atoms with E-state index in [1.165, 1.54) is 40.7 Å². The van der Waals surface area contributed by atoms with Crippen LogP contribution in [-0.2, 0) is 31.3 Å². The first-order chi connectivity index (χ1) is 18.1. The van der Waals surface area contributed by atoms with E-state index in [4.69, 9.17) is 0 Å². The highest BCUT2D eigenvalue weighted by atomic mass is 32.2. The summed E-state index contributed by atoms with van der Waals surface area (Å²) in [5, 5.41) is 2.77. The molecule has 1 amide bonds. The minimum absolute atomic E-state index is 0.0229. The molecule has 1 fully saturated rings. The van der Waals surface area contributed by atoms with Crippen LogP contribution in [0.4, 0.5) is 15.8 Å². The summed E-state index contributed by atoms with van der Waals surface area (Å²) in [5.74, 6) is -1.27. The number of aryl methyl sites for hydroxylation is 1. The third kappa shape index (κ3) is 7.40. The number of anilines is 2. The lowest BCUT2D eigenvalue weighted by Gasteiger charge is -2.31. The summed E-state index contributed by atoms with van der Waals surface area (Å²) in [5.41, 5.74) is 1.71. The Morgan fingerprint density at radius 2 is 1.55 bits per heavy atom. The molecule has 38 heavy (non-hydrogen) atoms. The fraction of sp³-hybridized carbons (Fsp3) is 0.296. The van der Waals surface area contributed by atoms with Gasteiger partial charge in [0, 0.05) is 24.5 Å². The van der Waals surface area contributed by atoms with Crippen molar-refractivity contribution >= 4 is 37.3 Å². The molecule has 4 rings (SSSR count). The largest absolute Gasteiger partial charge is 0.326 e. The Bertz CT molecular complexity index is 1450. The molecule has 0 unspecified atom stereocenters. The molecule has 0 radical (unpaired) electrons. The molecule has 0 aromatic heterocycles. The summed E-state index contributed by atoms with van der Waals surface area (Å²) in [4.78, 5) is 12.9. The Kier molecular flexibility index (Phi) is 8.80. The molecular formula is C27H30FN3O5S2. The Labute approximate surface area is 223 Å². The lowest BCUT2D eigenvalue weighted by atomic mass is 9.99.